The summed E-state index contributed by atoms with van der Waals surface area (Å²) >= 11 is 0. The largest absolute Gasteiger partial charge is 0.462 e. The van der Waals surface area contributed by atoms with Crippen LogP contribution in [0.5, 0.6) is 6.01 Å². The second kappa shape index (κ2) is 12.5. The fourth-order valence-electron chi connectivity index (χ4n) is 2.40. The number of nitrogens with one attached hydrogen (secondary N) is 1. The molecule has 0 saturated carbocycles. The summed E-state index contributed by atoms with van der Waals surface area (Å²) in [5, 5.41) is 0. The van der Waals surface area contributed by atoms with E-state index in [-0.39, 0.29) is 23.7 Å². The van der Waals surface area contributed by atoms with E-state index >= 15 is 0 Å². The normalized spacial score (nSPS) is 10.8. The van der Waals surface area contributed by atoms with Crippen LogP contribution in [-0.4, -0.2) is 34.9 Å². The van der Waals surface area contributed by atoms with Crippen molar-refractivity contribution in [1.82, 2.24) is 14.5 Å². The Hall–Kier alpha value is -2.93. The fourth-order valence-corrected chi connectivity index (χ4v) is 2.40. The maximum atomic E-state index is 12.9. The number of pyridine rings is 1. The van der Waals surface area contributed by atoms with E-state index in [1.165, 1.54) is 22.9 Å². The zero-order chi connectivity index (χ0) is 21.8. The standard InChI is InChI=1S/C20H25N3O4.C2H6/c1-5-16(7-6-14(2)3)23-19(25)13-17(15-8-9-21-18(24)12-15)22-20(23)27-11-10-26-4;1-2/h6-9,12-13H,5,10-11H2,1-4H3,(H,21,24);1-2H3/b16-7+;. The minimum absolute atomic E-state index is 0.171. The summed E-state index contributed by atoms with van der Waals surface area (Å²) in [7, 11) is 1.57. The van der Waals surface area contributed by atoms with Crippen molar-refractivity contribution < 1.29 is 9.47 Å². The van der Waals surface area contributed by atoms with Gasteiger partial charge in [-0.3, -0.25) is 9.59 Å². The Morgan fingerprint density at radius 1 is 1.17 bits per heavy atom. The summed E-state index contributed by atoms with van der Waals surface area (Å²) in [6.07, 6.45) is 5.96. The Bertz CT molecular complexity index is 951. The zero-order valence-corrected chi connectivity index (χ0v) is 18.1. The predicted molar refractivity (Wildman–Crippen MR) is 117 cm³/mol. The minimum Gasteiger partial charge on any atom is -0.462 e. The Morgan fingerprint density at radius 2 is 1.90 bits per heavy atom. The van der Waals surface area contributed by atoms with E-state index in [9.17, 15) is 9.59 Å². The van der Waals surface area contributed by atoms with Crippen molar-refractivity contribution in [1.29, 1.82) is 0 Å². The molecule has 0 atom stereocenters. The number of allylic oxidation sites excluding steroid dienone is 4. The van der Waals surface area contributed by atoms with Gasteiger partial charge in [-0.25, -0.2) is 4.57 Å². The second-order valence-corrected chi connectivity index (χ2v) is 6.14. The maximum absolute atomic E-state index is 12.9. The van der Waals surface area contributed by atoms with Crippen LogP contribution in [-0.2, 0) is 4.74 Å². The molecule has 2 rings (SSSR count). The predicted octanol–water partition coefficient (Wildman–Crippen LogP) is 3.87. The molecule has 2 aromatic heterocycles. The van der Waals surface area contributed by atoms with Gasteiger partial charge in [0.25, 0.3) is 5.56 Å². The number of methoxy groups -OCH3 is 1. The van der Waals surface area contributed by atoms with E-state index in [0.29, 0.717) is 24.3 Å². The molecule has 0 unspecified atom stereocenters. The molecule has 0 spiro atoms. The summed E-state index contributed by atoms with van der Waals surface area (Å²) in [6, 6.07) is 4.66. The Balaban J connectivity index is 0.00000204. The number of hydrogen-bond acceptors (Lipinski definition) is 5. The van der Waals surface area contributed by atoms with E-state index in [2.05, 4.69) is 9.97 Å². The molecule has 0 amide bonds. The van der Waals surface area contributed by atoms with Crippen LogP contribution in [0.3, 0.4) is 0 Å². The molecule has 0 aliphatic heterocycles. The number of aromatic nitrogens is 3. The number of aromatic amines is 1. The SMILES string of the molecule is CC.CC/C(=C\C=C(C)C)n1c(OCCOC)nc(-c2cc[nH]c(=O)c2)cc1=O. The quantitative estimate of drug-likeness (QED) is 0.536. The summed E-state index contributed by atoms with van der Waals surface area (Å²) in [5.74, 6) is 0. The Labute approximate surface area is 171 Å². The van der Waals surface area contributed by atoms with Gasteiger partial charge in [-0.15, -0.1) is 0 Å². The lowest BCUT2D eigenvalue weighted by Crippen LogP contribution is -2.23. The van der Waals surface area contributed by atoms with Gasteiger partial charge in [0.15, 0.2) is 0 Å². The molecule has 158 valence electrons. The van der Waals surface area contributed by atoms with Crippen molar-refractivity contribution in [3.63, 3.8) is 0 Å². The minimum atomic E-state index is -0.275. The number of rotatable bonds is 8. The molecule has 2 aromatic rings. The van der Waals surface area contributed by atoms with Gasteiger partial charge in [0.1, 0.15) is 6.61 Å². The second-order valence-electron chi connectivity index (χ2n) is 6.14. The van der Waals surface area contributed by atoms with E-state index < -0.39 is 0 Å². The van der Waals surface area contributed by atoms with Gasteiger partial charge in [-0.1, -0.05) is 32.4 Å². The van der Waals surface area contributed by atoms with E-state index in [1.54, 1.807) is 13.2 Å². The average Bonchev–Trinajstić information content (AvgIpc) is 2.71. The van der Waals surface area contributed by atoms with Crippen LogP contribution in [0.25, 0.3) is 17.0 Å². The summed E-state index contributed by atoms with van der Waals surface area (Å²) in [4.78, 5) is 31.5. The summed E-state index contributed by atoms with van der Waals surface area (Å²) < 4.78 is 12.2. The van der Waals surface area contributed by atoms with Gasteiger partial charge >= 0.3 is 6.01 Å². The smallest absolute Gasteiger partial charge is 0.304 e. The molecule has 0 fully saturated rings. The fraction of sp³-hybridized carbons (Fsp3) is 0.409. The molecule has 0 aliphatic rings. The molecule has 7 nitrogen and oxygen atoms in total. The molecule has 0 saturated heterocycles. The molecular weight excluding hydrogens is 370 g/mol. The number of nitrogens with zero attached hydrogens (tertiary/aromatic N) is 2. The van der Waals surface area contributed by atoms with Gasteiger partial charge in [0.2, 0.25) is 5.56 Å². The molecule has 0 aliphatic carbocycles. The third kappa shape index (κ3) is 7.19. The van der Waals surface area contributed by atoms with Gasteiger partial charge in [0.05, 0.1) is 12.3 Å². The maximum Gasteiger partial charge on any atom is 0.304 e. The van der Waals surface area contributed by atoms with Crippen molar-refractivity contribution in [3.8, 4) is 17.3 Å². The van der Waals surface area contributed by atoms with Crippen molar-refractivity contribution in [2.75, 3.05) is 20.3 Å². The highest BCUT2D eigenvalue weighted by Crippen LogP contribution is 2.20. The third-order valence-electron chi connectivity index (χ3n) is 3.74. The van der Waals surface area contributed by atoms with Crippen LogP contribution in [0.1, 0.15) is 41.0 Å². The van der Waals surface area contributed by atoms with Gasteiger partial charge in [-0.05, 0) is 32.4 Å². The van der Waals surface area contributed by atoms with Crippen LogP contribution in [0, 0.1) is 0 Å². The van der Waals surface area contributed by atoms with Crippen LogP contribution in [0.4, 0.5) is 0 Å². The van der Waals surface area contributed by atoms with E-state index in [0.717, 1.165) is 11.3 Å². The first kappa shape index (κ1) is 24.1. The Kier molecular flexibility index (Phi) is 10.4. The summed E-state index contributed by atoms with van der Waals surface area (Å²) in [5.41, 5.74) is 2.27. The molecule has 2 heterocycles. The van der Waals surface area contributed by atoms with Crippen LogP contribution in [0.2, 0.25) is 0 Å². The first-order chi connectivity index (χ1) is 14.0. The average molecular weight is 402 g/mol. The van der Waals surface area contributed by atoms with Crippen LogP contribution < -0.4 is 15.9 Å². The van der Waals surface area contributed by atoms with Crippen molar-refractivity contribution in [2.24, 2.45) is 0 Å². The molecule has 0 aromatic carbocycles. The van der Waals surface area contributed by atoms with Gasteiger partial charge in [-0.2, -0.15) is 4.98 Å². The molecular formula is C22H31N3O4. The molecule has 29 heavy (non-hydrogen) atoms. The lowest BCUT2D eigenvalue weighted by Gasteiger charge is -2.15. The van der Waals surface area contributed by atoms with E-state index in [1.807, 2.05) is 46.8 Å². The summed E-state index contributed by atoms with van der Waals surface area (Å²) in [6.45, 7) is 10.5. The monoisotopic (exact) mass is 401 g/mol. The lowest BCUT2D eigenvalue weighted by molar-refractivity contribution is 0.139. The third-order valence-corrected chi connectivity index (χ3v) is 3.74. The highest BCUT2D eigenvalue weighted by molar-refractivity contribution is 5.59. The highest BCUT2D eigenvalue weighted by Gasteiger charge is 2.14. The number of ether oxygens (including phenoxy) is 2. The van der Waals surface area contributed by atoms with Crippen molar-refractivity contribution in [2.45, 2.75) is 41.0 Å². The molecule has 0 radical (unpaired) electrons. The molecule has 7 heteroatoms. The highest BCUT2D eigenvalue weighted by atomic mass is 16.5. The van der Waals surface area contributed by atoms with Gasteiger partial charge < -0.3 is 14.5 Å². The number of hydrogen-bond donors (Lipinski definition) is 1. The van der Waals surface area contributed by atoms with Crippen molar-refractivity contribution in [3.05, 3.63) is 62.8 Å². The van der Waals surface area contributed by atoms with Crippen LogP contribution in [0.15, 0.2) is 51.7 Å². The zero-order valence-electron chi connectivity index (χ0n) is 18.1. The lowest BCUT2D eigenvalue weighted by atomic mass is 10.2. The van der Waals surface area contributed by atoms with Crippen LogP contribution >= 0.6 is 0 Å². The van der Waals surface area contributed by atoms with Gasteiger partial charge in [0, 0.05) is 36.7 Å². The Morgan fingerprint density at radius 3 is 2.48 bits per heavy atom. The molecule has 0 bridgehead atoms. The van der Waals surface area contributed by atoms with E-state index in [4.69, 9.17) is 9.47 Å². The topological polar surface area (TPSA) is 86.2 Å². The first-order valence-corrected chi connectivity index (χ1v) is 9.75. The first-order valence-electron chi connectivity index (χ1n) is 9.75. The van der Waals surface area contributed by atoms with Crippen molar-refractivity contribution >= 4 is 5.70 Å². The number of H-pyrrole nitrogens is 1. The molecule has 1 N–H and O–H groups in total.